The normalized spacial score (nSPS) is 17.5. The van der Waals surface area contributed by atoms with Crippen molar-refractivity contribution in [2.24, 2.45) is 11.8 Å². The molecule has 0 saturated carbocycles. The van der Waals surface area contributed by atoms with E-state index in [1.165, 1.54) is 29.8 Å². The van der Waals surface area contributed by atoms with Gasteiger partial charge in [0.15, 0.2) is 0 Å². The first-order valence-corrected chi connectivity index (χ1v) is 11.3. The standard InChI is InChI=1S/C26H33FN2O2/c1-4-6-19-8-10-20(11-9-19)24(18(2)3)28-25(30)22-7-5-16-29(17-22)26(31)21-12-14-23(27)15-13-21/h8-15,18,22,24H,4-7,16-17H2,1-3H3,(H,28,30). The molecule has 1 fully saturated rings. The van der Waals surface area contributed by atoms with Crippen molar-refractivity contribution in [3.05, 3.63) is 71.0 Å². The summed E-state index contributed by atoms with van der Waals surface area (Å²) in [6.45, 7) is 7.39. The maximum absolute atomic E-state index is 13.2. The largest absolute Gasteiger partial charge is 0.349 e. The predicted octanol–water partition coefficient (Wildman–Crippen LogP) is 5.14. The molecule has 5 heteroatoms. The van der Waals surface area contributed by atoms with Crippen molar-refractivity contribution >= 4 is 11.8 Å². The molecule has 0 aromatic heterocycles. The molecule has 1 heterocycles. The van der Waals surface area contributed by atoms with Crippen LogP contribution in [0.5, 0.6) is 0 Å². The number of piperidine rings is 1. The third-order valence-electron chi connectivity index (χ3n) is 6.01. The van der Waals surface area contributed by atoms with E-state index < -0.39 is 0 Å². The lowest BCUT2D eigenvalue weighted by molar-refractivity contribution is -0.127. The Bertz CT molecular complexity index is 877. The zero-order chi connectivity index (χ0) is 22.4. The zero-order valence-corrected chi connectivity index (χ0v) is 18.7. The van der Waals surface area contributed by atoms with Crippen LogP contribution in [-0.2, 0) is 11.2 Å². The fraction of sp³-hybridized carbons (Fsp3) is 0.462. The number of carbonyl (C=O) groups excluding carboxylic acids is 2. The van der Waals surface area contributed by atoms with Crippen LogP contribution in [0.25, 0.3) is 0 Å². The van der Waals surface area contributed by atoms with Gasteiger partial charge in [0.05, 0.1) is 12.0 Å². The quantitative estimate of drug-likeness (QED) is 0.669. The summed E-state index contributed by atoms with van der Waals surface area (Å²) >= 11 is 0. The Morgan fingerprint density at radius 3 is 2.39 bits per heavy atom. The van der Waals surface area contributed by atoms with Gasteiger partial charge < -0.3 is 10.2 Å². The summed E-state index contributed by atoms with van der Waals surface area (Å²) in [5.41, 5.74) is 2.87. The molecule has 1 aliphatic heterocycles. The Balaban J connectivity index is 1.66. The number of rotatable bonds is 7. The van der Waals surface area contributed by atoms with E-state index in [9.17, 15) is 14.0 Å². The molecule has 2 amide bonds. The number of halogens is 1. The number of likely N-dealkylation sites (tertiary alicyclic amines) is 1. The molecule has 0 bridgehead atoms. The highest BCUT2D eigenvalue weighted by Crippen LogP contribution is 2.25. The van der Waals surface area contributed by atoms with Crippen molar-refractivity contribution in [2.75, 3.05) is 13.1 Å². The molecule has 2 aromatic carbocycles. The van der Waals surface area contributed by atoms with Crippen molar-refractivity contribution < 1.29 is 14.0 Å². The molecule has 2 aromatic rings. The highest BCUT2D eigenvalue weighted by atomic mass is 19.1. The monoisotopic (exact) mass is 424 g/mol. The van der Waals surface area contributed by atoms with E-state index in [0.29, 0.717) is 18.7 Å². The molecule has 31 heavy (non-hydrogen) atoms. The Hall–Kier alpha value is -2.69. The van der Waals surface area contributed by atoms with Crippen molar-refractivity contribution in [3.8, 4) is 0 Å². The number of hydrogen-bond acceptors (Lipinski definition) is 2. The van der Waals surface area contributed by atoms with Crippen molar-refractivity contribution in [1.82, 2.24) is 10.2 Å². The summed E-state index contributed by atoms with van der Waals surface area (Å²) in [5.74, 6) is -0.507. The summed E-state index contributed by atoms with van der Waals surface area (Å²) in [6.07, 6.45) is 3.71. The third-order valence-corrected chi connectivity index (χ3v) is 6.01. The minimum Gasteiger partial charge on any atom is -0.349 e. The molecular weight excluding hydrogens is 391 g/mol. The van der Waals surface area contributed by atoms with Crippen LogP contribution in [0.1, 0.15) is 67.6 Å². The molecule has 1 saturated heterocycles. The van der Waals surface area contributed by atoms with Crippen LogP contribution in [0.4, 0.5) is 4.39 Å². The lowest BCUT2D eigenvalue weighted by atomic mass is 9.92. The van der Waals surface area contributed by atoms with Crippen LogP contribution in [0, 0.1) is 17.7 Å². The second kappa shape index (κ2) is 10.6. The smallest absolute Gasteiger partial charge is 0.253 e. The van der Waals surface area contributed by atoms with Gasteiger partial charge in [-0.15, -0.1) is 0 Å². The molecule has 2 atom stereocenters. The van der Waals surface area contributed by atoms with Gasteiger partial charge in [-0.25, -0.2) is 4.39 Å². The maximum Gasteiger partial charge on any atom is 0.253 e. The van der Waals surface area contributed by atoms with E-state index in [0.717, 1.165) is 31.2 Å². The number of nitrogens with zero attached hydrogens (tertiary/aromatic N) is 1. The average Bonchev–Trinajstić information content (AvgIpc) is 2.78. The van der Waals surface area contributed by atoms with E-state index in [2.05, 4.69) is 50.4 Å². The van der Waals surface area contributed by atoms with Crippen LogP contribution in [-0.4, -0.2) is 29.8 Å². The van der Waals surface area contributed by atoms with Crippen LogP contribution in [0.2, 0.25) is 0 Å². The van der Waals surface area contributed by atoms with Crippen molar-refractivity contribution in [2.45, 2.75) is 52.5 Å². The third kappa shape index (κ3) is 5.93. The number of aryl methyl sites for hydroxylation is 1. The van der Waals surface area contributed by atoms with Gasteiger partial charge in [-0.05, 0) is 60.6 Å². The van der Waals surface area contributed by atoms with E-state index in [1.54, 1.807) is 4.90 Å². The van der Waals surface area contributed by atoms with Crippen LogP contribution in [0.3, 0.4) is 0 Å². The Morgan fingerprint density at radius 1 is 1.10 bits per heavy atom. The molecule has 1 N–H and O–H groups in total. The van der Waals surface area contributed by atoms with E-state index in [4.69, 9.17) is 0 Å². The molecule has 0 radical (unpaired) electrons. The number of benzene rings is 2. The second-order valence-electron chi connectivity index (χ2n) is 8.82. The van der Waals surface area contributed by atoms with E-state index >= 15 is 0 Å². The van der Waals surface area contributed by atoms with Gasteiger partial charge in [0, 0.05) is 18.7 Å². The molecule has 2 unspecified atom stereocenters. The van der Waals surface area contributed by atoms with Gasteiger partial charge in [-0.1, -0.05) is 51.5 Å². The molecular formula is C26H33FN2O2. The predicted molar refractivity (Wildman–Crippen MR) is 121 cm³/mol. The van der Waals surface area contributed by atoms with E-state index in [1.807, 2.05) is 0 Å². The summed E-state index contributed by atoms with van der Waals surface area (Å²) in [7, 11) is 0. The van der Waals surface area contributed by atoms with Gasteiger partial charge in [-0.3, -0.25) is 9.59 Å². The maximum atomic E-state index is 13.2. The van der Waals surface area contributed by atoms with Gasteiger partial charge >= 0.3 is 0 Å². The summed E-state index contributed by atoms with van der Waals surface area (Å²) in [4.78, 5) is 27.6. The molecule has 0 spiro atoms. The minimum absolute atomic E-state index is 0.00654. The molecule has 166 valence electrons. The number of hydrogen-bond donors (Lipinski definition) is 1. The number of amides is 2. The van der Waals surface area contributed by atoms with Crippen LogP contribution in [0.15, 0.2) is 48.5 Å². The average molecular weight is 425 g/mol. The summed E-state index contributed by atoms with van der Waals surface area (Å²) in [6, 6.07) is 14.0. The highest BCUT2D eigenvalue weighted by Gasteiger charge is 2.30. The molecule has 4 nitrogen and oxygen atoms in total. The first kappa shape index (κ1) is 23.0. The Kier molecular flexibility index (Phi) is 7.83. The fourth-order valence-corrected chi connectivity index (χ4v) is 4.24. The number of nitrogens with one attached hydrogen (secondary N) is 1. The van der Waals surface area contributed by atoms with Gasteiger partial charge in [-0.2, -0.15) is 0 Å². The fourth-order valence-electron chi connectivity index (χ4n) is 4.24. The van der Waals surface area contributed by atoms with Gasteiger partial charge in [0.25, 0.3) is 5.91 Å². The number of carbonyl (C=O) groups is 2. The Morgan fingerprint density at radius 2 is 1.77 bits per heavy atom. The molecule has 1 aliphatic rings. The topological polar surface area (TPSA) is 49.4 Å². The summed E-state index contributed by atoms with van der Waals surface area (Å²) in [5, 5.41) is 3.23. The first-order chi connectivity index (χ1) is 14.9. The lowest BCUT2D eigenvalue weighted by Gasteiger charge is -2.33. The lowest BCUT2D eigenvalue weighted by Crippen LogP contribution is -2.46. The minimum atomic E-state index is -0.366. The van der Waals surface area contributed by atoms with Crippen molar-refractivity contribution in [3.63, 3.8) is 0 Å². The van der Waals surface area contributed by atoms with Gasteiger partial charge in [0.1, 0.15) is 5.82 Å². The first-order valence-electron chi connectivity index (χ1n) is 11.3. The molecule has 3 rings (SSSR count). The summed E-state index contributed by atoms with van der Waals surface area (Å²) < 4.78 is 13.2. The van der Waals surface area contributed by atoms with Crippen LogP contribution < -0.4 is 5.32 Å². The van der Waals surface area contributed by atoms with Crippen LogP contribution >= 0.6 is 0 Å². The van der Waals surface area contributed by atoms with Gasteiger partial charge in [0.2, 0.25) is 5.91 Å². The SMILES string of the molecule is CCCc1ccc(C(NC(=O)C2CCCN(C(=O)c3ccc(F)cc3)C2)C(C)C)cc1. The highest BCUT2D eigenvalue weighted by molar-refractivity contribution is 5.94. The Labute approximate surface area is 184 Å². The van der Waals surface area contributed by atoms with E-state index in [-0.39, 0.29) is 35.5 Å². The second-order valence-corrected chi connectivity index (χ2v) is 8.82. The molecule has 0 aliphatic carbocycles. The van der Waals surface area contributed by atoms with Crippen molar-refractivity contribution in [1.29, 1.82) is 0 Å². The zero-order valence-electron chi connectivity index (χ0n) is 18.7.